The number of nitrogens with zero attached hydrogens (tertiary/aromatic N) is 2. The van der Waals surface area contributed by atoms with Crippen molar-refractivity contribution in [2.24, 2.45) is 0 Å². The number of rotatable bonds is 5. The second kappa shape index (κ2) is 9.28. The summed E-state index contributed by atoms with van der Waals surface area (Å²) in [6.07, 6.45) is 4.40. The second-order valence-electron chi connectivity index (χ2n) is 7.75. The van der Waals surface area contributed by atoms with E-state index in [0.29, 0.717) is 44.0 Å². The number of para-hydroxylation sites is 2. The van der Waals surface area contributed by atoms with Crippen molar-refractivity contribution in [1.29, 1.82) is 0 Å². The Balaban J connectivity index is 1.71. The van der Waals surface area contributed by atoms with E-state index in [-0.39, 0.29) is 11.9 Å². The lowest BCUT2D eigenvalue weighted by Crippen LogP contribution is -2.63. The van der Waals surface area contributed by atoms with Crippen molar-refractivity contribution < 1.29 is 14.3 Å². The average Bonchev–Trinajstić information content (AvgIpc) is 2.70. The molecule has 0 unspecified atom stereocenters. The van der Waals surface area contributed by atoms with E-state index in [2.05, 4.69) is 22.6 Å². The van der Waals surface area contributed by atoms with Crippen LogP contribution in [0.15, 0.2) is 24.3 Å². The van der Waals surface area contributed by atoms with E-state index in [0.717, 1.165) is 32.4 Å². The van der Waals surface area contributed by atoms with Crippen molar-refractivity contribution in [2.45, 2.75) is 44.6 Å². The third-order valence-corrected chi connectivity index (χ3v) is 5.69. The number of hydrogen-bond acceptors (Lipinski definition) is 4. The number of piperazine rings is 1. The Kier molecular flexibility index (Phi) is 6.78. The first-order valence-electron chi connectivity index (χ1n) is 10.3. The Morgan fingerprint density at radius 3 is 2.43 bits per heavy atom. The maximum atomic E-state index is 13.4. The molecule has 1 heterocycles. The summed E-state index contributed by atoms with van der Waals surface area (Å²) in [7, 11) is 2.07. The van der Waals surface area contributed by atoms with Gasteiger partial charge in [0.25, 0.3) is 0 Å². The van der Waals surface area contributed by atoms with E-state index in [1.165, 1.54) is 0 Å². The smallest absolute Gasteiger partial charge is 0.320 e. The first-order chi connectivity index (χ1) is 13.5. The van der Waals surface area contributed by atoms with Crippen molar-refractivity contribution in [3.63, 3.8) is 0 Å². The molecule has 7 heteroatoms. The molecule has 1 aliphatic carbocycles. The molecule has 2 fully saturated rings. The number of ether oxygens (including phenoxy) is 1. The number of nitrogens with one attached hydrogen (secondary N) is 2. The zero-order chi connectivity index (χ0) is 20.0. The van der Waals surface area contributed by atoms with E-state index < -0.39 is 5.54 Å². The molecule has 28 heavy (non-hydrogen) atoms. The van der Waals surface area contributed by atoms with Gasteiger partial charge in [0.15, 0.2) is 0 Å². The maximum absolute atomic E-state index is 13.4. The highest BCUT2D eigenvalue weighted by molar-refractivity contribution is 5.97. The molecule has 1 aromatic carbocycles. The molecule has 0 bridgehead atoms. The van der Waals surface area contributed by atoms with Gasteiger partial charge in [-0.25, -0.2) is 4.79 Å². The normalized spacial score (nSPS) is 19.7. The van der Waals surface area contributed by atoms with Gasteiger partial charge in [0.05, 0.1) is 12.3 Å². The number of hydrogen-bond donors (Lipinski definition) is 2. The molecule has 7 nitrogen and oxygen atoms in total. The fourth-order valence-electron chi connectivity index (χ4n) is 4.08. The highest BCUT2D eigenvalue weighted by Gasteiger charge is 2.43. The van der Waals surface area contributed by atoms with Gasteiger partial charge in [0.1, 0.15) is 11.3 Å². The van der Waals surface area contributed by atoms with Crippen LogP contribution >= 0.6 is 0 Å². The van der Waals surface area contributed by atoms with Crippen molar-refractivity contribution in [2.75, 3.05) is 45.2 Å². The molecule has 2 N–H and O–H groups in total. The lowest BCUT2D eigenvalue weighted by Gasteiger charge is -2.42. The van der Waals surface area contributed by atoms with Crippen molar-refractivity contribution in [3.8, 4) is 5.75 Å². The van der Waals surface area contributed by atoms with Gasteiger partial charge in [-0.05, 0) is 38.9 Å². The molecule has 1 saturated heterocycles. The number of anilines is 1. The zero-order valence-electron chi connectivity index (χ0n) is 17.0. The molecule has 154 valence electrons. The first-order valence-corrected chi connectivity index (χ1v) is 10.3. The van der Waals surface area contributed by atoms with Crippen molar-refractivity contribution >= 4 is 17.6 Å². The van der Waals surface area contributed by atoms with Crippen LogP contribution in [0.5, 0.6) is 5.75 Å². The van der Waals surface area contributed by atoms with E-state index in [1.807, 2.05) is 30.0 Å². The monoisotopic (exact) mass is 388 g/mol. The lowest BCUT2D eigenvalue weighted by molar-refractivity contribution is -0.141. The molecule has 2 aliphatic rings. The van der Waals surface area contributed by atoms with Gasteiger partial charge >= 0.3 is 6.03 Å². The van der Waals surface area contributed by atoms with E-state index >= 15 is 0 Å². The highest BCUT2D eigenvalue weighted by Crippen LogP contribution is 2.31. The van der Waals surface area contributed by atoms with E-state index in [1.54, 1.807) is 6.07 Å². The van der Waals surface area contributed by atoms with Gasteiger partial charge in [-0.2, -0.15) is 0 Å². The molecular formula is C21H32N4O3. The fourth-order valence-corrected chi connectivity index (χ4v) is 4.08. The van der Waals surface area contributed by atoms with Gasteiger partial charge in [0, 0.05) is 26.2 Å². The molecule has 0 aromatic heterocycles. The number of likely N-dealkylation sites (N-methyl/N-ethyl adjacent to an activating group) is 1. The fraction of sp³-hybridized carbons (Fsp3) is 0.619. The van der Waals surface area contributed by atoms with Crippen LogP contribution in [0.2, 0.25) is 0 Å². The van der Waals surface area contributed by atoms with Gasteiger partial charge in [-0.3, -0.25) is 4.79 Å². The number of carbonyl (C=O) groups excluding carboxylic acids is 2. The van der Waals surface area contributed by atoms with Crippen LogP contribution in [-0.4, -0.2) is 67.1 Å². The Morgan fingerprint density at radius 1 is 1.07 bits per heavy atom. The standard InChI is InChI=1S/C21H32N4O3/c1-3-28-18-10-6-5-9-17(18)22-20(27)23-21(11-7-4-8-12-21)19(26)25-15-13-24(2)14-16-25/h5-6,9-10H,3-4,7-8,11-16H2,1-2H3,(H2,22,23,27). The average molecular weight is 389 g/mol. The summed E-state index contributed by atoms with van der Waals surface area (Å²) in [5.74, 6) is 0.691. The van der Waals surface area contributed by atoms with Crippen LogP contribution < -0.4 is 15.4 Å². The Bertz CT molecular complexity index is 680. The molecule has 0 atom stereocenters. The van der Waals surface area contributed by atoms with Crippen LogP contribution in [0.25, 0.3) is 0 Å². The van der Waals surface area contributed by atoms with Crippen LogP contribution in [0.4, 0.5) is 10.5 Å². The molecule has 1 aliphatic heterocycles. The molecule has 3 rings (SSSR count). The van der Waals surface area contributed by atoms with Crippen LogP contribution in [0.3, 0.4) is 0 Å². The Hall–Kier alpha value is -2.28. The van der Waals surface area contributed by atoms with Gasteiger partial charge < -0.3 is 25.2 Å². The lowest BCUT2D eigenvalue weighted by atomic mass is 9.80. The maximum Gasteiger partial charge on any atom is 0.320 e. The summed E-state index contributed by atoms with van der Waals surface area (Å²) < 4.78 is 5.58. The molecule has 0 spiro atoms. The first kappa shape index (κ1) is 20.5. The summed E-state index contributed by atoms with van der Waals surface area (Å²) >= 11 is 0. The zero-order valence-corrected chi connectivity index (χ0v) is 17.0. The topological polar surface area (TPSA) is 73.9 Å². The molecule has 0 radical (unpaired) electrons. The third kappa shape index (κ3) is 4.76. The van der Waals surface area contributed by atoms with Crippen molar-refractivity contribution in [3.05, 3.63) is 24.3 Å². The molecular weight excluding hydrogens is 356 g/mol. The second-order valence-corrected chi connectivity index (χ2v) is 7.75. The van der Waals surface area contributed by atoms with Crippen LogP contribution in [0.1, 0.15) is 39.0 Å². The third-order valence-electron chi connectivity index (χ3n) is 5.69. The summed E-state index contributed by atoms with van der Waals surface area (Å²) in [4.78, 5) is 30.3. The van der Waals surface area contributed by atoms with E-state index in [9.17, 15) is 9.59 Å². The van der Waals surface area contributed by atoms with Crippen LogP contribution in [0, 0.1) is 0 Å². The number of benzene rings is 1. The largest absolute Gasteiger partial charge is 0.492 e. The van der Waals surface area contributed by atoms with E-state index in [4.69, 9.17) is 4.74 Å². The molecule has 1 saturated carbocycles. The molecule has 3 amide bonds. The number of urea groups is 1. The van der Waals surface area contributed by atoms with Crippen LogP contribution in [-0.2, 0) is 4.79 Å². The SMILES string of the molecule is CCOc1ccccc1NC(=O)NC1(C(=O)N2CCN(C)CC2)CCCCC1. The summed E-state index contributed by atoms with van der Waals surface area (Å²) in [5.41, 5.74) is -0.196. The quantitative estimate of drug-likeness (QED) is 0.813. The predicted molar refractivity (Wildman–Crippen MR) is 110 cm³/mol. The Morgan fingerprint density at radius 2 is 1.75 bits per heavy atom. The minimum Gasteiger partial charge on any atom is -0.492 e. The highest BCUT2D eigenvalue weighted by atomic mass is 16.5. The minimum absolute atomic E-state index is 0.0635. The predicted octanol–water partition coefficient (Wildman–Crippen LogP) is 2.68. The number of amides is 3. The summed E-state index contributed by atoms with van der Waals surface area (Å²) in [6.45, 7) is 5.60. The Labute approximate surface area is 167 Å². The van der Waals surface area contributed by atoms with Gasteiger partial charge in [0.2, 0.25) is 5.91 Å². The van der Waals surface area contributed by atoms with Crippen molar-refractivity contribution in [1.82, 2.24) is 15.1 Å². The number of carbonyl (C=O) groups is 2. The molecule has 1 aromatic rings. The van der Waals surface area contributed by atoms with Gasteiger partial charge in [-0.15, -0.1) is 0 Å². The minimum atomic E-state index is -0.807. The summed E-state index contributed by atoms with van der Waals surface area (Å²) in [6, 6.07) is 7.00. The summed E-state index contributed by atoms with van der Waals surface area (Å²) in [5, 5.41) is 5.93. The van der Waals surface area contributed by atoms with Gasteiger partial charge in [-0.1, -0.05) is 31.4 Å².